The number of anilines is 1. The van der Waals surface area contributed by atoms with Crippen LogP contribution in [0.15, 0.2) is 52.4 Å². The summed E-state index contributed by atoms with van der Waals surface area (Å²) in [6.45, 7) is 0. The number of hydrogen-bond donors (Lipinski definition) is 1. The summed E-state index contributed by atoms with van der Waals surface area (Å²) >= 11 is 4.95. The van der Waals surface area contributed by atoms with Gasteiger partial charge in [0, 0.05) is 27.3 Å². The minimum Gasteiger partial charge on any atom is -0.399 e. The summed E-state index contributed by atoms with van der Waals surface area (Å²) in [4.78, 5) is 8.96. The molecule has 0 saturated carbocycles. The third kappa shape index (κ3) is 2.67. The Morgan fingerprint density at radius 3 is 2.74 bits per heavy atom. The molecule has 94 valence electrons. The molecule has 0 unspecified atom stereocenters. The number of nitrogen functional groups attached to an aromatic ring is 1. The summed E-state index contributed by atoms with van der Waals surface area (Å²) in [6.07, 6.45) is 1.77. The Morgan fingerprint density at radius 1 is 1.11 bits per heavy atom. The molecule has 2 N–H and O–H groups in total. The second kappa shape index (κ2) is 5.11. The highest BCUT2D eigenvalue weighted by Gasteiger charge is 2.07. The van der Waals surface area contributed by atoms with Crippen molar-refractivity contribution in [1.29, 1.82) is 0 Å². The van der Waals surface area contributed by atoms with Crippen molar-refractivity contribution in [3.05, 3.63) is 52.4 Å². The average molecular weight is 332 g/mol. The highest BCUT2D eigenvalue weighted by Crippen LogP contribution is 2.28. The van der Waals surface area contributed by atoms with E-state index in [0.29, 0.717) is 0 Å². The molecule has 1 aromatic carbocycles. The molecule has 0 spiro atoms. The summed E-state index contributed by atoms with van der Waals surface area (Å²) in [5.41, 5.74) is 9.37. The van der Waals surface area contributed by atoms with E-state index in [1.807, 2.05) is 41.8 Å². The van der Waals surface area contributed by atoms with Crippen LogP contribution in [0.1, 0.15) is 0 Å². The topological polar surface area (TPSA) is 51.8 Å². The van der Waals surface area contributed by atoms with Crippen molar-refractivity contribution >= 4 is 33.0 Å². The van der Waals surface area contributed by atoms with Crippen molar-refractivity contribution in [2.75, 3.05) is 5.73 Å². The minimum atomic E-state index is 0.744. The fraction of sp³-hybridized carbons (Fsp3) is 0. The van der Waals surface area contributed by atoms with E-state index in [-0.39, 0.29) is 0 Å². The lowest BCUT2D eigenvalue weighted by atomic mass is 10.1. The molecule has 0 aliphatic heterocycles. The number of pyridine rings is 1. The fourth-order valence-electron chi connectivity index (χ4n) is 1.72. The fourth-order valence-corrected chi connectivity index (χ4v) is 2.76. The Bertz CT molecular complexity index is 707. The normalized spacial score (nSPS) is 10.6. The molecular weight excluding hydrogens is 322 g/mol. The smallest absolute Gasteiger partial charge is 0.142 e. The van der Waals surface area contributed by atoms with Crippen LogP contribution in [0.25, 0.3) is 22.0 Å². The highest BCUT2D eigenvalue weighted by atomic mass is 79.9. The molecule has 2 heterocycles. The number of aromatic nitrogens is 2. The van der Waals surface area contributed by atoms with Crippen molar-refractivity contribution in [3.63, 3.8) is 0 Å². The quantitative estimate of drug-likeness (QED) is 0.715. The Kier molecular flexibility index (Phi) is 3.31. The van der Waals surface area contributed by atoms with Crippen LogP contribution in [-0.4, -0.2) is 9.97 Å². The maximum absolute atomic E-state index is 5.79. The lowest BCUT2D eigenvalue weighted by Crippen LogP contribution is -1.86. The first-order chi connectivity index (χ1) is 9.22. The molecule has 0 aliphatic carbocycles. The third-order valence-corrected chi connectivity index (χ3v) is 3.97. The second-order valence-electron chi connectivity index (χ2n) is 4.03. The zero-order valence-corrected chi connectivity index (χ0v) is 12.3. The van der Waals surface area contributed by atoms with Crippen molar-refractivity contribution in [2.24, 2.45) is 0 Å². The number of benzene rings is 1. The van der Waals surface area contributed by atoms with E-state index in [1.165, 1.54) is 0 Å². The maximum Gasteiger partial charge on any atom is 0.142 e. The number of nitrogens with two attached hydrogens (primary N) is 1. The predicted octanol–water partition coefficient (Wildman–Crippen LogP) is 4.22. The standard InChI is InChI=1S/C14H10BrN3S/c15-10-4-5-12(17-7-10)14-18-13(8-19-14)9-2-1-3-11(16)6-9/h1-8H,16H2. The molecule has 2 aromatic heterocycles. The number of halogens is 1. The van der Waals surface area contributed by atoms with E-state index in [2.05, 4.69) is 25.9 Å². The van der Waals surface area contributed by atoms with Crippen LogP contribution in [0.2, 0.25) is 0 Å². The van der Waals surface area contributed by atoms with Gasteiger partial charge in [-0.15, -0.1) is 11.3 Å². The second-order valence-corrected chi connectivity index (χ2v) is 5.80. The molecule has 0 aliphatic rings. The number of thiazole rings is 1. The van der Waals surface area contributed by atoms with E-state index < -0.39 is 0 Å². The molecule has 19 heavy (non-hydrogen) atoms. The molecule has 3 rings (SSSR count). The van der Waals surface area contributed by atoms with Gasteiger partial charge in [0.25, 0.3) is 0 Å². The van der Waals surface area contributed by atoms with Gasteiger partial charge >= 0.3 is 0 Å². The van der Waals surface area contributed by atoms with Crippen LogP contribution in [0, 0.1) is 0 Å². The number of hydrogen-bond acceptors (Lipinski definition) is 4. The zero-order valence-electron chi connectivity index (χ0n) is 9.88. The summed E-state index contributed by atoms with van der Waals surface area (Å²) in [6, 6.07) is 11.6. The predicted molar refractivity (Wildman–Crippen MR) is 82.9 cm³/mol. The lowest BCUT2D eigenvalue weighted by molar-refractivity contribution is 1.28. The Morgan fingerprint density at radius 2 is 2.00 bits per heavy atom. The molecule has 0 saturated heterocycles. The van der Waals surface area contributed by atoms with Gasteiger partial charge in [0.15, 0.2) is 0 Å². The molecule has 0 bridgehead atoms. The molecule has 0 fully saturated rings. The largest absolute Gasteiger partial charge is 0.399 e. The Balaban J connectivity index is 1.97. The van der Waals surface area contributed by atoms with Gasteiger partial charge in [0.05, 0.1) is 11.4 Å². The van der Waals surface area contributed by atoms with Crippen molar-refractivity contribution in [2.45, 2.75) is 0 Å². The van der Waals surface area contributed by atoms with Crippen LogP contribution in [0.4, 0.5) is 5.69 Å². The van der Waals surface area contributed by atoms with Gasteiger partial charge in [0.2, 0.25) is 0 Å². The summed E-state index contributed by atoms with van der Waals surface area (Å²) in [5.74, 6) is 0. The molecule has 3 aromatic rings. The molecular formula is C14H10BrN3S. The molecule has 3 nitrogen and oxygen atoms in total. The molecule has 5 heteroatoms. The monoisotopic (exact) mass is 331 g/mol. The minimum absolute atomic E-state index is 0.744. The van der Waals surface area contributed by atoms with E-state index >= 15 is 0 Å². The zero-order chi connectivity index (χ0) is 13.2. The van der Waals surface area contributed by atoms with Crippen LogP contribution in [0.3, 0.4) is 0 Å². The highest BCUT2D eigenvalue weighted by molar-refractivity contribution is 9.10. The molecule has 0 amide bonds. The van der Waals surface area contributed by atoms with Crippen molar-refractivity contribution in [1.82, 2.24) is 9.97 Å². The van der Waals surface area contributed by atoms with Crippen LogP contribution < -0.4 is 5.73 Å². The maximum atomic E-state index is 5.79. The van der Waals surface area contributed by atoms with Crippen LogP contribution in [0.5, 0.6) is 0 Å². The number of nitrogens with zero attached hydrogens (tertiary/aromatic N) is 2. The SMILES string of the molecule is Nc1cccc(-c2csc(-c3ccc(Br)cn3)n2)c1. The van der Waals surface area contributed by atoms with E-state index in [4.69, 9.17) is 5.73 Å². The first-order valence-electron chi connectivity index (χ1n) is 5.66. The number of rotatable bonds is 2. The summed E-state index contributed by atoms with van der Waals surface area (Å²) < 4.78 is 0.962. The molecule has 0 radical (unpaired) electrons. The van der Waals surface area contributed by atoms with Gasteiger partial charge in [-0.25, -0.2) is 4.98 Å². The van der Waals surface area contributed by atoms with Gasteiger partial charge in [-0.1, -0.05) is 12.1 Å². The average Bonchev–Trinajstić information content (AvgIpc) is 2.89. The van der Waals surface area contributed by atoms with E-state index in [1.54, 1.807) is 17.5 Å². The van der Waals surface area contributed by atoms with Crippen LogP contribution >= 0.6 is 27.3 Å². The first-order valence-corrected chi connectivity index (χ1v) is 7.33. The Hall–Kier alpha value is -1.72. The van der Waals surface area contributed by atoms with Crippen molar-refractivity contribution in [3.8, 4) is 22.0 Å². The first kappa shape index (κ1) is 12.3. The molecule has 0 atom stereocenters. The van der Waals surface area contributed by atoms with Gasteiger partial charge in [-0.05, 0) is 40.2 Å². The van der Waals surface area contributed by atoms with Crippen molar-refractivity contribution < 1.29 is 0 Å². The summed E-state index contributed by atoms with van der Waals surface area (Å²) in [7, 11) is 0. The van der Waals surface area contributed by atoms with Crippen LogP contribution in [-0.2, 0) is 0 Å². The van der Waals surface area contributed by atoms with Gasteiger partial charge in [-0.2, -0.15) is 0 Å². The summed E-state index contributed by atoms with van der Waals surface area (Å²) in [5, 5.41) is 2.93. The Labute approximate surface area is 123 Å². The van der Waals surface area contributed by atoms with Gasteiger partial charge < -0.3 is 5.73 Å². The van der Waals surface area contributed by atoms with E-state index in [9.17, 15) is 0 Å². The lowest BCUT2D eigenvalue weighted by Gasteiger charge is -1.98. The van der Waals surface area contributed by atoms with E-state index in [0.717, 1.165) is 32.1 Å². The third-order valence-electron chi connectivity index (χ3n) is 2.63. The van der Waals surface area contributed by atoms with Gasteiger partial charge in [-0.3, -0.25) is 4.98 Å². The van der Waals surface area contributed by atoms with Gasteiger partial charge in [0.1, 0.15) is 5.01 Å².